The number of hydrogen-bond donors (Lipinski definition) is 2. The molecule has 1 aliphatic rings. The Morgan fingerprint density at radius 3 is 2.83 bits per heavy atom. The molecule has 1 aliphatic heterocycles. The van der Waals surface area contributed by atoms with Gasteiger partial charge in [-0.1, -0.05) is 0 Å². The lowest BCUT2D eigenvalue weighted by atomic mass is 9.97. The van der Waals surface area contributed by atoms with Gasteiger partial charge in [0.2, 0.25) is 0 Å². The minimum Gasteiger partial charge on any atom is -0.467 e. The van der Waals surface area contributed by atoms with E-state index in [9.17, 15) is 9.59 Å². The molecule has 8 nitrogen and oxygen atoms in total. The first-order chi connectivity index (χ1) is 13.8. The molecule has 1 fully saturated rings. The van der Waals surface area contributed by atoms with Crippen molar-refractivity contribution in [3.05, 3.63) is 24.2 Å². The summed E-state index contributed by atoms with van der Waals surface area (Å²) in [5.41, 5.74) is -0.549. The Labute approximate surface area is 173 Å². The van der Waals surface area contributed by atoms with Gasteiger partial charge >= 0.3 is 12.1 Å². The molecule has 0 aliphatic carbocycles. The van der Waals surface area contributed by atoms with Crippen LogP contribution in [-0.4, -0.2) is 54.4 Å². The zero-order chi connectivity index (χ0) is 21.3. The summed E-state index contributed by atoms with van der Waals surface area (Å²) in [4.78, 5) is 26.6. The summed E-state index contributed by atoms with van der Waals surface area (Å²) in [7, 11) is 0. The molecule has 0 aromatic carbocycles. The van der Waals surface area contributed by atoms with Crippen LogP contribution >= 0.6 is 0 Å². The number of urea groups is 1. The smallest absolute Gasteiger partial charge is 0.407 e. The Hall–Kier alpha value is -2.22. The van der Waals surface area contributed by atoms with Crippen molar-refractivity contribution in [2.24, 2.45) is 0 Å². The van der Waals surface area contributed by atoms with Gasteiger partial charge in [0.15, 0.2) is 0 Å². The Morgan fingerprint density at radius 1 is 1.34 bits per heavy atom. The van der Waals surface area contributed by atoms with Crippen molar-refractivity contribution in [2.75, 3.05) is 19.7 Å². The molecule has 1 saturated heterocycles. The van der Waals surface area contributed by atoms with Crippen LogP contribution in [0.2, 0.25) is 0 Å². The number of piperidine rings is 1. The van der Waals surface area contributed by atoms with Gasteiger partial charge in [0, 0.05) is 25.7 Å². The molecule has 29 heavy (non-hydrogen) atoms. The van der Waals surface area contributed by atoms with Gasteiger partial charge in [-0.05, 0) is 65.5 Å². The largest absolute Gasteiger partial charge is 0.467 e. The second kappa shape index (κ2) is 11.1. The molecular formula is C21H35N3O5. The summed E-state index contributed by atoms with van der Waals surface area (Å²) in [6.45, 7) is 9.61. The fraction of sp³-hybridized carbons (Fsp3) is 0.714. The monoisotopic (exact) mass is 409 g/mol. The minimum atomic E-state index is -0.549. The second-order valence-corrected chi connectivity index (χ2v) is 8.41. The first kappa shape index (κ1) is 23.1. The predicted octanol–water partition coefficient (Wildman–Crippen LogP) is 3.66. The standard InChI is InChI=1S/C21H35N3O5/c1-16(23-20(26)29-21(2,3)4)18-10-5-6-12-24(18)19(25)22-11-8-13-27-15-17-9-7-14-28-17/h7,9,14,16,18H,5-6,8,10-13,15H2,1-4H3,(H,22,25)(H,23,26)/t16-,18-/m0/s1. The molecule has 1 aromatic rings. The maximum absolute atomic E-state index is 12.7. The van der Waals surface area contributed by atoms with Crippen LogP contribution in [0.4, 0.5) is 9.59 Å². The SMILES string of the molecule is C[C@H](NC(=O)OC(C)(C)C)[C@@H]1CCCCN1C(=O)NCCCOCc1ccco1. The number of nitrogens with zero attached hydrogens (tertiary/aromatic N) is 1. The summed E-state index contributed by atoms with van der Waals surface area (Å²) in [6, 6.07) is 3.36. The number of furan rings is 1. The molecule has 2 atom stereocenters. The Morgan fingerprint density at radius 2 is 2.14 bits per heavy atom. The molecule has 8 heteroatoms. The van der Waals surface area contributed by atoms with Gasteiger partial charge in [0.1, 0.15) is 18.0 Å². The molecule has 0 unspecified atom stereocenters. The third-order valence-corrected chi connectivity index (χ3v) is 4.70. The minimum absolute atomic E-state index is 0.0496. The van der Waals surface area contributed by atoms with E-state index in [-0.39, 0.29) is 18.1 Å². The van der Waals surface area contributed by atoms with Gasteiger partial charge in [-0.2, -0.15) is 0 Å². The van der Waals surface area contributed by atoms with E-state index in [1.807, 2.05) is 44.7 Å². The first-order valence-corrected chi connectivity index (χ1v) is 10.4. The lowest BCUT2D eigenvalue weighted by Crippen LogP contribution is -2.57. The number of rotatable bonds is 8. The predicted molar refractivity (Wildman–Crippen MR) is 110 cm³/mol. The number of alkyl carbamates (subject to hydrolysis) is 1. The molecule has 0 saturated carbocycles. The van der Waals surface area contributed by atoms with E-state index in [0.717, 1.165) is 31.4 Å². The van der Waals surface area contributed by atoms with Crippen molar-refractivity contribution in [1.29, 1.82) is 0 Å². The zero-order valence-corrected chi connectivity index (χ0v) is 18.0. The van der Waals surface area contributed by atoms with E-state index in [1.54, 1.807) is 6.26 Å². The van der Waals surface area contributed by atoms with Gasteiger partial charge in [-0.25, -0.2) is 9.59 Å². The summed E-state index contributed by atoms with van der Waals surface area (Å²) < 4.78 is 16.1. The van der Waals surface area contributed by atoms with Crippen LogP contribution in [0.1, 0.15) is 59.1 Å². The van der Waals surface area contributed by atoms with Crippen molar-refractivity contribution in [2.45, 2.75) is 77.7 Å². The second-order valence-electron chi connectivity index (χ2n) is 8.41. The van der Waals surface area contributed by atoms with E-state index < -0.39 is 11.7 Å². The first-order valence-electron chi connectivity index (χ1n) is 10.4. The van der Waals surface area contributed by atoms with Crippen LogP contribution in [0.5, 0.6) is 0 Å². The maximum atomic E-state index is 12.7. The summed E-state index contributed by atoms with van der Waals surface area (Å²) in [6.07, 6.45) is 4.75. The number of nitrogens with one attached hydrogen (secondary N) is 2. The molecule has 0 radical (unpaired) electrons. The molecule has 0 bridgehead atoms. The summed E-state index contributed by atoms with van der Waals surface area (Å²) in [5.74, 6) is 0.789. The highest BCUT2D eigenvalue weighted by atomic mass is 16.6. The molecule has 0 spiro atoms. The lowest BCUT2D eigenvalue weighted by molar-refractivity contribution is 0.0461. The van der Waals surface area contributed by atoms with Crippen LogP contribution < -0.4 is 10.6 Å². The maximum Gasteiger partial charge on any atom is 0.407 e. The number of hydrogen-bond acceptors (Lipinski definition) is 5. The van der Waals surface area contributed by atoms with Crippen molar-refractivity contribution in [3.8, 4) is 0 Å². The van der Waals surface area contributed by atoms with Gasteiger partial charge in [0.25, 0.3) is 0 Å². The van der Waals surface area contributed by atoms with Crippen LogP contribution in [0.25, 0.3) is 0 Å². The molecule has 3 amide bonds. The molecule has 2 heterocycles. The average Bonchev–Trinajstić information content (AvgIpc) is 3.16. The lowest BCUT2D eigenvalue weighted by Gasteiger charge is -2.39. The third kappa shape index (κ3) is 8.35. The van der Waals surface area contributed by atoms with E-state index in [1.165, 1.54) is 0 Å². The van der Waals surface area contributed by atoms with Crippen molar-refractivity contribution in [3.63, 3.8) is 0 Å². The van der Waals surface area contributed by atoms with Crippen molar-refractivity contribution < 1.29 is 23.5 Å². The number of ether oxygens (including phenoxy) is 2. The molecule has 2 rings (SSSR count). The number of likely N-dealkylation sites (tertiary alicyclic amines) is 1. The number of amides is 3. The van der Waals surface area contributed by atoms with E-state index in [4.69, 9.17) is 13.9 Å². The normalized spacial score (nSPS) is 18.2. The highest BCUT2D eigenvalue weighted by Gasteiger charge is 2.32. The van der Waals surface area contributed by atoms with Crippen molar-refractivity contribution >= 4 is 12.1 Å². The van der Waals surface area contributed by atoms with Crippen LogP contribution in [0, 0.1) is 0 Å². The van der Waals surface area contributed by atoms with Crippen LogP contribution in [0.15, 0.2) is 22.8 Å². The third-order valence-electron chi connectivity index (χ3n) is 4.70. The van der Waals surface area contributed by atoms with Gasteiger partial charge < -0.3 is 29.4 Å². The van der Waals surface area contributed by atoms with Gasteiger partial charge in [-0.15, -0.1) is 0 Å². The quantitative estimate of drug-likeness (QED) is 0.639. The summed E-state index contributed by atoms with van der Waals surface area (Å²) >= 11 is 0. The Balaban J connectivity index is 1.72. The summed E-state index contributed by atoms with van der Waals surface area (Å²) in [5, 5.41) is 5.84. The average molecular weight is 410 g/mol. The topological polar surface area (TPSA) is 93.0 Å². The highest BCUT2D eigenvalue weighted by Crippen LogP contribution is 2.20. The zero-order valence-electron chi connectivity index (χ0n) is 18.0. The fourth-order valence-corrected chi connectivity index (χ4v) is 3.36. The molecular weight excluding hydrogens is 374 g/mol. The van der Waals surface area contributed by atoms with Crippen LogP contribution in [-0.2, 0) is 16.1 Å². The Bertz CT molecular complexity index is 627. The van der Waals surface area contributed by atoms with Gasteiger partial charge in [-0.3, -0.25) is 0 Å². The number of carbonyl (C=O) groups is 2. The fourth-order valence-electron chi connectivity index (χ4n) is 3.36. The van der Waals surface area contributed by atoms with E-state index >= 15 is 0 Å². The van der Waals surface area contributed by atoms with Crippen LogP contribution in [0.3, 0.4) is 0 Å². The van der Waals surface area contributed by atoms with E-state index in [0.29, 0.717) is 26.3 Å². The van der Waals surface area contributed by atoms with Gasteiger partial charge in [0.05, 0.1) is 12.3 Å². The van der Waals surface area contributed by atoms with E-state index in [2.05, 4.69) is 10.6 Å². The Kier molecular flexibility index (Phi) is 8.82. The number of carbonyl (C=O) groups excluding carboxylic acids is 2. The van der Waals surface area contributed by atoms with Crippen molar-refractivity contribution in [1.82, 2.24) is 15.5 Å². The molecule has 1 aromatic heterocycles. The molecule has 2 N–H and O–H groups in total. The highest BCUT2D eigenvalue weighted by molar-refractivity contribution is 5.75. The molecule has 164 valence electrons.